The van der Waals surface area contributed by atoms with Crippen molar-refractivity contribution >= 4 is 11.8 Å². The molecule has 0 atom stereocenters. The van der Waals surface area contributed by atoms with E-state index in [0.717, 1.165) is 0 Å². The van der Waals surface area contributed by atoms with Crippen molar-refractivity contribution in [1.82, 2.24) is 10.4 Å². The van der Waals surface area contributed by atoms with E-state index in [2.05, 4.69) is 10.3 Å². The van der Waals surface area contributed by atoms with E-state index in [1.54, 1.807) is 0 Å². The van der Waals surface area contributed by atoms with Crippen LogP contribution in [0.3, 0.4) is 0 Å². The fourth-order valence-electron chi connectivity index (χ4n) is 1.91. The summed E-state index contributed by atoms with van der Waals surface area (Å²) in [7, 11) is 1.43. The smallest absolute Gasteiger partial charge is 0.246 e. The molecule has 92 valence electrons. The number of amides is 2. The van der Waals surface area contributed by atoms with Crippen molar-refractivity contribution in [3.63, 3.8) is 0 Å². The molecule has 0 saturated carbocycles. The Morgan fingerprint density at radius 3 is 2.31 bits per heavy atom. The summed E-state index contributed by atoms with van der Waals surface area (Å²) in [5.41, 5.74) is 2.34. The molecular formula is C11H20N2O3. The molecule has 1 aliphatic heterocycles. The molecule has 0 unspecified atom stereocenters. The summed E-state index contributed by atoms with van der Waals surface area (Å²) < 4.78 is 0. The summed E-state index contributed by atoms with van der Waals surface area (Å²) >= 11 is 0. The van der Waals surface area contributed by atoms with E-state index in [9.17, 15) is 9.59 Å². The summed E-state index contributed by atoms with van der Waals surface area (Å²) in [6.07, 6.45) is 1.43. The molecule has 1 heterocycles. The lowest BCUT2D eigenvalue weighted by Gasteiger charge is -2.32. The van der Waals surface area contributed by atoms with Crippen LogP contribution in [0.2, 0.25) is 0 Å². The molecule has 0 aromatic rings. The molecule has 0 aromatic carbocycles. The molecule has 0 bridgehead atoms. The third-order valence-electron chi connectivity index (χ3n) is 2.87. The molecule has 1 fully saturated rings. The summed E-state index contributed by atoms with van der Waals surface area (Å²) in [6.45, 7) is 5.12. The number of hydrogen-bond acceptors (Lipinski definition) is 3. The largest absolute Gasteiger partial charge is 0.342 e. The second-order valence-electron chi connectivity index (χ2n) is 4.42. The molecule has 1 N–H and O–H groups in total. The fourth-order valence-corrected chi connectivity index (χ4v) is 1.91. The number of hydrogen-bond donors (Lipinski definition) is 1. The van der Waals surface area contributed by atoms with E-state index in [-0.39, 0.29) is 23.7 Å². The lowest BCUT2D eigenvalue weighted by Crippen LogP contribution is -2.44. The first-order chi connectivity index (χ1) is 7.56. The highest BCUT2D eigenvalue weighted by atomic mass is 16.6. The predicted molar refractivity (Wildman–Crippen MR) is 59.3 cm³/mol. The minimum absolute atomic E-state index is 0.0313. The molecule has 1 rings (SSSR count). The normalized spacial score (nSPS) is 17.6. The number of hydroxylamine groups is 1. The zero-order chi connectivity index (χ0) is 12.1. The minimum Gasteiger partial charge on any atom is -0.342 e. The van der Waals surface area contributed by atoms with Crippen molar-refractivity contribution in [2.75, 3.05) is 20.2 Å². The summed E-state index contributed by atoms with van der Waals surface area (Å²) in [4.78, 5) is 29.6. The van der Waals surface area contributed by atoms with Gasteiger partial charge in [0.25, 0.3) is 0 Å². The van der Waals surface area contributed by atoms with Crippen molar-refractivity contribution in [3.8, 4) is 0 Å². The van der Waals surface area contributed by atoms with Crippen LogP contribution < -0.4 is 5.48 Å². The van der Waals surface area contributed by atoms with Gasteiger partial charge in [-0.3, -0.25) is 14.4 Å². The van der Waals surface area contributed by atoms with E-state index in [0.29, 0.717) is 25.9 Å². The van der Waals surface area contributed by atoms with Crippen LogP contribution >= 0.6 is 0 Å². The Hall–Kier alpha value is -1.10. The Kier molecular flexibility index (Phi) is 4.73. The molecule has 2 amide bonds. The summed E-state index contributed by atoms with van der Waals surface area (Å²) in [6, 6.07) is 0. The quantitative estimate of drug-likeness (QED) is 0.718. The number of rotatable bonds is 3. The monoisotopic (exact) mass is 228 g/mol. The Morgan fingerprint density at radius 1 is 1.31 bits per heavy atom. The number of carbonyl (C=O) groups excluding carboxylic acids is 2. The molecule has 5 nitrogen and oxygen atoms in total. The minimum atomic E-state index is -0.0841. The molecule has 16 heavy (non-hydrogen) atoms. The lowest BCUT2D eigenvalue weighted by molar-refractivity contribution is -0.142. The average molecular weight is 228 g/mol. The summed E-state index contributed by atoms with van der Waals surface area (Å²) in [5.74, 6) is 0.0882. The van der Waals surface area contributed by atoms with E-state index in [4.69, 9.17) is 0 Å². The maximum absolute atomic E-state index is 11.7. The van der Waals surface area contributed by atoms with Crippen molar-refractivity contribution in [3.05, 3.63) is 0 Å². The lowest BCUT2D eigenvalue weighted by atomic mass is 9.95. The first kappa shape index (κ1) is 13.0. The average Bonchev–Trinajstić information content (AvgIpc) is 2.28. The molecule has 1 saturated heterocycles. The Morgan fingerprint density at radius 2 is 1.88 bits per heavy atom. The third kappa shape index (κ3) is 3.20. The highest BCUT2D eigenvalue weighted by Gasteiger charge is 2.28. The van der Waals surface area contributed by atoms with E-state index >= 15 is 0 Å². The van der Waals surface area contributed by atoms with Crippen LogP contribution in [0.5, 0.6) is 0 Å². The second kappa shape index (κ2) is 5.84. The van der Waals surface area contributed by atoms with Gasteiger partial charge < -0.3 is 4.90 Å². The van der Waals surface area contributed by atoms with Crippen molar-refractivity contribution in [1.29, 1.82) is 0 Å². The van der Waals surface area contributed by atoms with E-state index in [1.807, 2.05) is 18.7 Å². The Bertz CT molecular complexity index is 258. The topological polar surface area (TPSA) is 58.6 Å². The maximum Gasteiger partial charge on any atom is 0.246 e. The van der Waals surface area contributed by atoms with Crippen molar-refractivity contribution < 1.29 is 14.4 Å². The van der Waals surface area contributed by atoms with Crippen LogP contribution in [-0.4, -0.2) is 36.9 Å². The Labute approximate surface area is 96.1 Å². The van der Waals surface area contributed by atoms with Crippen LogP contribution in [0.15, 0.2) is 0 Å². The highest BCUT2D eigenvalue weighted by molar-refractivity contribution is 5.80. The van der Waals surface area contributed by atoms with Crippen LogP contribution in [-0.2, 0) is 14.4 Å². The van der Waals surface area contributed by atoms with Gasteiger partial charge in [0.05, 0.1) is 7.11 Å². The van der Waals surface area contributed by atoms with Crippen LogP contribution in [0.25, 0.3) is 0 Å². The number of nitrogens with one attached hydrogen (secondary N) is 1. The molecule has 1 aliphatic rings. The van der Waals surface area contributed by atoms with Gasteiger partial charge in [-0.05, 0) is 12.8 Å². The predicted octanol–water partition coefficient (Wildman–Crippen LogP) is 0.559. The van der Waals surface area contributed by atoms with Gasteiger partial charge in [-0.1, -0.05) is 13.8 Å². The van der Waals surface area contributed by atoms with Gasteiger partial charge in [0, 0.05) is 24.9 Å². The molecule has 0 aromatic heterocycles. The van der Waals surface area contributed by atoms with Crippen molar-refractivity contribution in [2.24, 2.45) is 11.8 Å². The molecule has 0 aliphatic carbocycles. The first-order valence-electron chi connectivity index (χ1n) is 5.68. The number of piperidine rings is 1. The third-order valence-corrected chi connectivity index (χ3v) is 2.87. The van der Waals surface area contributed by atoms with Gasteiger partial charge in [-0.15, -0.1) is 0 Å². The summed E-state index contributed by atoms with van der Waals surface area (Å²) in [5, 5.41) is 0. The molecule has 5 heteroatoms. The van der Waals surface area contributed by atoms with Crippen LogP contribution in [0.1, 0.15) is 26.7 Å². The SMILES string of the molecule is CONC(=O)C1CCN(C(=O)C(C)C)CC1. The van der Waals surface area contributed by atoms with Gasteiger partial charge >= 0.3 is 0 Å². The number of nitrogens with zero attached hydrogens (tertiary/aromatic N) is 1. The van der Waals surface area contributed by atoms with E-state index < -0.39 is 0 Å². The zero-order valence-electron chi connectivity index (χ0n) is 10.2. The molecule has 0 radical (unpaired) electrons. The highest BCUT2D eigenvalue weighted by Crippen LogP contribution is 2.18. The number of likely N-dealkylation sites (tertiary alicyclic amines) is 1. The molecule has 0 spiro atoms. The standard InChI is InChI=1S/C11H20N2O3/c1-8(2)11(15)13-6-4-9(5-7-13)10(14)12-16-3/h8-9H,4-7H2,1-3H3,(H,12,14). The number of carbonyl (C=O) groups is 2. The van der Waals surface area contributed by atoms with Gasteiger partial charge in [0.2, 0.25) is 11.8 Å². The Balaban J connectivity index is 2.39. The van der Waals surface area contributed by atoms with Crippen LogP contribution in [0.4, 0.5) is 0 Å². The zero-order valence-corrected chi connectivity index (χ0v) is 10.2. The van der Waals surface area contributed by atoms with Gasteiger partial charge in [0.1, 0.15) is 0 Å². The molecular weight excluding hydrogens is 208 g/mol. The van der Waals surface area contributed by atoms with Gasteiger partial charge in [-0.25, -0.2) is 5.48 Å². The maximum atomic E-state index is 11.7. The second-order valence-corrected chi connectivity index (χ2v) is 4.42. The van der Waals surface area contributed by atoms with E-state index in [1.165, 1.54) is 7.11 Å². The fraction of sp³-hybridized carbons (Fsp3) is 0.818. The van der Waals surface area contributed by atoms with Crippen LogP contribution in [0, 0.1) is 11.8 Å². The van der Waals surface area contributed by atoms with Gasteiger partial charge in [-0.2, -0.15) is 0 Å². The first-order valence-corrected chi connectivity index (χ1v) is 5.68. The van der Waals surface area contributed by atoms with Crippen molar-refractivity contribution in [2.45, 2.75) is 26.7 Å². The van der Waals surface area contributed by atoms with Gasteiger partial charge in [0.15, 0.2) is 0 Å².